The van der Waals surface area contributed by atoms with Gasteiger partial charge in [-0.1, -0.05) is 11.8 Å². The molecule has 2 aromatic heterocycles. The van der Waals surface area contributed by atoms with Crippen LogP contribution in [0.15, 0.2) is 37.0 Å². The van der Waals surface area contributed by atoms with Crippen LogP contribution in [0.25, 0.3) is 21.9 Å². The van der Waals surface area contributed by atoms with Crippen molar-refractivity contribution in [2.75, 3.05) is 12.8 Å². The van der Waals surface area contributed by atoms with Gasteiger partial charge in [-0.05, 0) is 13.0 Å². The number of phenols is 1. The number of carbonyl (C=O) groups is 1. The molecule has 0 bridgehead atoms. The molecule has 1 aliphatic heterocycles. The highest BCUT2D eigenvalue weighted by molar-refractivity contribution is 8.15. The normalized spacial score (nSPS) is 16.8. The van der Waals surface area contributed by atoms with E-state index in [-0.39, 0.29) is 33.7 Å². The fourth-order valence-electron chi connectivity index (χ4n) is 2.65. The first-order chi connectivity index (χ1) is 11.5. The van der Waals surface area contributed by atoms with E-state index in [1.54, 1.807) is 20.0 Å². The van der Waals surface area contributed by atoms with Crippen molar-refractivity contribution in [1.29, 1.82) is 0 Å². The second-order valence-electron chi connectivity index (χ2n) is 5.42. The maximum Gasteiger partial charge on any atom is 0.238 e. The molecule has 0 radical (unpaired) electrons. The minimum Gasteiger partial charge on any atom is -0.506 e. The number of aryl methyl sites for hydroxylation is 1. The second kappa shape index (κ2) is 5.13. The van der Waals surface area contributed by atoms with E-state index in [9.17, 15) is 14.7 Å². The predicted molar refractivity (Wildman–Crippen MR) is 91.0 cm³/mol. The summed E-state index contributed by atoms with van der Waals surface area (Å²) in [5, 5.41) is 11.3. The highest BCUT2D eigenvalue weighted by atomic mass is 32.2. The lowest BCUT2D eigenvalue weighted by molar-refractivity contribution is -0.123. The van der Waals surface area contributed by atoms with Gasteiger partial charge in [-0.15, -0.1) is 0 Å². The summed E-state index contributed by atoms with van der Waals surface area (Å²) < 4.78 is 11.1. The first-order valence-electron chi connectivity index (χ1n) is 7.12. The van der Waals surface area contributed by atoms with E-state index >= 15 is 0 Å². The van der Waals surface area contributed by atoms with E-state index in [4.69, 9.17) is 8.83 Å². The van der Waals surface area contributed by atoms with Gasteiger partial charge in [0, 0.05) is 13.1 Å². The Morgan fingerprint density at radius 3 is 2.83 bits per heavy atom. The molecule has 7 nitrogen and oxygen atoms in total. The van der Waals surface area contributed by atoms with Crippen LogP contribution in [-0.2, 0) is 4.79 Å². The fraction of sp³-hybridized carbons (Fsp3) is 0.188. The van der Waals surface area contributed by atoms with E-state index in [0.29, 0.717) is 27.6 Å². The molecule has 0 spiro atoms. The van der Waals surface area contributed by atoms with Crippen molar-refractivity contribution in [2.24, 2.45) is 4.99 Å². The number of fused-ring (bicyclic) bond motifs is 2. The fourth-order valence-corrected chi connectivity index (χ4v) is 3.55. The van der Waals surface area contributed by atoms with Crippen LogP contribution in [0.5, 0.6) is 5.75 Å². The van der Waals surface area contributed by atoms with E-state index in [0.717, 1.165) is 0 Å². The summed E-state index contributed by atoms with van der Waals surface area (Å²) >= 11 is 1.29. The molecule has 1 amide bonds. The maximum atomic E-state index is 12.3. The number of furan rings is 1. The van der Waals surface area contributed by atoms with Crippen LogP contribution in [0, 0.1) is 6.92 Å². The molecule has 3 aromatic rings. The number of amides is 1. The first-order valence-corrected chi connectivity index (χ1v) is 8.10. The standard InChI is InChI=1S/C16H12N2O5S/c1-7-5-9(19)11-13(21)8-3-4-22-14(8)12(15(11)23-7)17-16-18(2)10(20)6-24-16/h3-5,21H,6H2,1-2H3. The quantitative estimate of drug-likeness (QED) is 0.729. The van der Waals surface area contributed by atoms with Crippen LogP contribution in [0.1, 0.15) is 5.76 Å². The molecule has 24 heavy (non-hydrogen) atoms. The molecule has 8 heteroatoms. The molecular weight excluding hydrogens is 332 g/mol. The van der Waals surface area contributed by atoms with E-state index in [2.05, 4.69) is 4.99 Å². The van der Waals surface area contributed by atoms with Crippen molar-refractivity contribution in [3.63, 3.8) is 0 Å². The third-order valence-corrected chi connectivity index (χ3v) is 4.87. The van der Waals surface area contributed by atoms with Crippen LogP contribution in [-0.4, -0.2) is 33.9 Å². The topological polar surface area (TPSA) is 96.2 Å². The van der Waals surface area contributed by atoms with Gasteiger partial charge >= 0.3 is 0 Å². The molecule has 122 valence electrons. The Labute approximate surface area is 139 Å². The zero-order valence-corrected chi connectivity index (χ0v) is 13.6. The molecule has 4 rings (SSSR count). The number of hydrogen-bond donors (Lipinski definition) is 1. The van der Waals surface area contributed by atoms with Gasteiger partial charge in [0.1, 0.15) is 16.9 Å². The molecule has 0 unspecified atom stereocenters. The van der Waals surface area contributed by atoms with Gasteiger partial charge < -0.3 is 13.9 Å². The van der Waals surface area contributed by atoms with Gasteiger partial charge in [0.15, 0.2) is 27.4 Å². The molecule has 0 saturated carbocycles. The largest absolute Gasteiger partial charge is 0.506 e. The Morgan fingerprint density at radius 1 is 1.33 bits per heavy atom. The number of benzene rings is 1. The molecule has 1 fully saturated rings. The van der Waals surface area contributed by atoms with Crippen LogP contribution in [0.3, 0.4) is 0 Å². The Kier molecular flexibility index (Phi) is 3.17. The maximum absolute atomic E-state index is 12.3. The Hall–Kier alpha value is -2.74. The number of rotatable bonds is 1. The van der Waals surface area contributed by atoms with Gasteiger partial charge in [-0.25, -0.2) is 4.99 Å². The van der Waals surface area contributed by atoms with Crippen molar-refractivity contribution >= 4 is 50.5 Å². The first kappa shape index (κ1) is 14.8. The van der Waals surface area contributed by atoms with Gasteiger partial charge in [-0.2, -0.15) is 0 Å². The van der Waals surface area contributed by atoms with Crippen LogP contribution >= 0.6 is 11.8 Å². The number of aliphatic imine (C=N–C) groups is 1. The number of carbonyl (C=O) groups excluding carboxylic acids is 1. The van der Waals surface area contributed by atoms with E-state index in [1.807, 2.05) is 0 Å². The summed E-state index contributed by atoms with van der Waals surface area (Å²) in [7, 11) is 1.63. The molecule has 1 saturated heterocycles. The van der Waals surface area contributed by atoms with Gasteiger partial charge in [0.2, 0.25) is 5.91 Å². The predicted octanol–water partition coefficient (Wildman–Crippen LogP) is 2.75. The van der Waals surface area contributed by atoms with Crippen LogP contribution in [0.4, 0.5) is 5.69 Å². The van der Waals surface area contributed by atoms with Gasteiger partial charge in [0.25, 0.3) is 0 Å². The van der Waals surface area contributed by atoms with Gasteiger partial charge in [0.05, 0.1) is 17.4 Å². The minimum absolute atomic E-state index is 0.0471. The van der Waals surface area contributed by atoms with Crippen molar-refractivity contribution in [2.45, 2.75) is 6.92 Å². The summed E-state index contributed by atoms with van der Waals surface area (Å²) in [5.41, 5.74) is 0.363. The summed E-state index contributed by atoms with van der Waals surface area (Å²) in [5.74, 6) is 0.434. The molecule has 0 aliphatic carbocycles. The zero-order valence-electron chi connectivity index (χ0n) is 12.8. The Bertz CT molecular complexity index is 1100. The lowest BCUT2D eigenvalue weighted by Gasteiger charge is -2.10. The zero-order chi connectivity index (χ0) is 17.0. The smallest absolute Gasteiger partial charge is 0.238 e. The van der Waals surface area contributed by atoms with Crippen LogP contribution in [0.2, 0.25) is 0 Å². The third-order valence-electron chi connectivity index (χ3n) is 3.85. The monoisotopic (exact) mass is 344 g/mol. The van der Waals surface area contributed by atoms with E-state index < -0.39 is 0 Å². The molecule has 1 N–H and O–H groups in total. The Morgan fingerprint density at radius 2 is 2.12 bits per heavy atom. The molecule has 1 aromatic carbocycles. The van der Waals surface area contributed by atoms with Crippen LogP contribution < -0.4 is 5.43 Å². The summed E-state index contributed by atoms with van der Waals surface area (Å²) in [6.45, 7) is 1.64. The average molecular weight is 344 g/mol. The van der Waals surface area contributed by atoms with Gasteiger partial charge in [-0.3, -0.25) is 14.5 Å². The Balaban J connectivity index is 2.15. The molecule has 0 atom stereocenters. The summed E-state index contributed by atoms with van der Waals surface area (Å²) in [4.78, 5) is 29.9. The number of phenolic OH excluding ortho intramolecular Hbond substituents is 1. The number of aromatic hydroxyl groups is 1. The SMILES string of the molecule is Cc1cc(=O)c2c(O)c3ccoc3c(N=C3SCC(=O)N3C)c2o1. The number of thioether (sulfide) groups is 1. The summed E-state index contributed by atoms with van der Waals surface area (Å²) in [6.07, 6.45) is 1.40. The highest BCUT2D eigenvalue weighted by Gasteiger charge is 2.27. The molecular formula is C16H12N2O5S. The average Bonchev–Trinajstić information content (AvgIpc) is 3.12. The molecule has 3 heterocycles. The van der Waals surface area contributed by atoms with Crippen molar-refractivity contribution in [3.8, 4) is 5.75 Å². The minimum atomic E-state index is -0.362. The number of hydrogen-bond acceptors (Lipinski definition) is 7. The lowest BCUT2D eigenvalue weighted by Crippen LogP contribution is -2.24. The van der Waals surface area contributed by atoms with Crippen molar-refractivity contribution in [3.05, 3.63) is 34.4 Å². The number of nitrogens with zero attached hydrogens (tertiary/aromatic N) is 2. The second-order valence-corrected chi connectivity index (χ2v) is 6.36. The van der Waals surface area contributed by atoms with Crippen molar-refractivity contribution in [1.82, 2.24) is 4.90 Å². The highest BCUT2D eigenvalue weighted by Crippen LogP contribution is 2.42. The third kappa shape index (κ3) is 2.03. The van der Waals surface area contributed by atoms with Crippen molar-refractivity contribution < 1.29 is 18.7 Å². The lowest BCUT2D eigenvalue weighted by atomic mass is 10.1. The van der Waals surface area contributed by atoms with E-state index in [1.165, 1.54) is 29.0 Å². The molecule has 1 aliphatic rings. The number of amidine groups is 1. The summed E-state index contributed by atoms with van der Waals surface area (Å²) in [6, 6.07) is 2.87.